The van der Waals surface area contributed by atoms with Crippen LogP contribution in [0.4, 0.5) is 4.79 Å². The molecule has 2 aromatic rings. The minimum absolute atomic E-state index is 0.0654. The second-order valence-electron chi connectivity index (χ2n) is 5.90. The van der Waals surface area contributed by atoms with Crippen LogP contribution < -0.4 is 5.32 Å². The van der Waals surface area contributed by atoms with E-state index in [1.807, 2.05) is 41.2 Å². The number of benzene rings is 1. The van der Waals surface area contributed by atoms with Gasteiger partial charge in [0.05, 0.1) is 25.0 Å². The Kier molecular flexibility index (Phi) is 4.92. The highest BCUT2D eigenvalue weighted by Gasteiger charge is 2.17. The Labute approximate surface area is 136 Å². The molecule has 2 heterocycles. The molecule has 0 spiro atoms. The molecule has 1 unspecified atom stereocenters. The van der Waals surface area contributed by atoms with Crippen LogP contribution in [0.1, 0.15) is 12.0 Å². The van der Waals surface area contributed by atoms with Crippen LogP contribution in [0.15, 0.2) is 42.7 Å². The number of nitrogens with one attached hydrogen (secondary N) is 1. The van der Waals surface area contributed by atoms with Crippen molar-refractivity contribution in [3.05, 3.63) is 48.3 Å². The zero-order valence-corrected chi connectivity index (χ0v) is 13.3. The summed E-state index contributed by atoms with van der Waals surface area (Å²) in [5.41, 5.74) is 2.00. The SMILES string of the molecule is CN(Cc1cnn(-c2ccccc2)c1)C(=O)NCC1CCOC1. The molecule has 1 aliphatic rings. The van der Waals surface area contributed by atoms with Crippen LogP contribution >= 0.6 is 0 Å². The maximum Gasteiger partial charge on any atom is 0.317 e. The lowest BCUT2D eigenvalue weighted by atomic mass is 10.1. The Hall–Kier alpha value is -2.34. The second kappa shape index (κ2) is 7.28. The Morgan fingerprint density at radius 1 is 1.43 bits per heavy atom. The molecule has 1 aliphatic heterocycles. The Morgan fingerprint density at radius 3 is 3.00 bits per heavy atom. The van der Waals surface area contributed by atoms with Crippen molar-refractivity contribution in [2.24, 2.45) is 5.92 Å². The van der Waals surface area contributed by atoms with Gasteiger partial charge < -0.3 is 15.0 Å². The lowest BCUT2D eigenvalue weighted by molar-refractivity contribution is 0.182. The average molecular weight is 314 g/mol. The van der Waals surface area contributed by atoms with Crippen molar-refractivity contribution >= 4 is 6.03 Å². The van der Waals surface area contributed by atoms with E-state index >= 15 is 0 Å². The number of nitrogens with zero attached hydrogens (tertiary/aromatic N) is 3. The molecule has 1 N–H and O–H groups in total. The highest BCUT2D eigenvalue weighted by Crippen LogP contribution is 2.11. The first-order valence-electron chi connectivity index (χ1n) is 7.88. The Bertz CT molecular complexity index is 635. The van der Waals surface area contributed by atoms with Crippen molar-refractivity contribution in [1.29, 1.82) is 0 Å². The van der Waals surface area contributed by atoms with Crippen LogP contribution in [-0.4, -0.2) is 47.5 Å². The predicted molar refractivity (Wildman–Crippen MR) is 87.4 cm³/mol. The highest BCUT2D eigenvalue weighted by atomic mass is 16.5. The number of carbonyl (C=O) groups excluding carboxylic acids is 1. The van der Waals surface area contributed by atoms with Gasteiger partial charge in [0.2, 0.25) is 0 Å². The number of ether oxygens (including phenoxy) is 1. The van der Waals surface area contributed by atoms with E-state index in [-0.39, 0.29) is 6.03 Å². The molecule has 6 nitrogen and oxygen atoms in total. The highest BCUT2D eigenvalue weighted by molar-refractivity contribution is 5.73. The van der Waals surface area contributed by atoms with E-state index in [9.17, 15) is 4.79 Å². The molecule has 2 amide bonds. The first-order chi connectivity index (χ1) is 11.2. The van der Waals surface area contributed by atoms with Crippen molar-refractivity contribution in [1.82, 2.24) is 20.0 Å². The summed E-state index contributed by atoms with van der Waals surface area (Å²) < 4.78 is 7.13. The van der Waals surface area contributed by atoms with Crippen LogP contribution in [0.25, 0.3) is 5.69 Å². The van der Waals surface area contributed by atoms with Crippen molar-refractivity contribution in [3.8, 4) is 5.69 Å². The lowest BCUT2D eigenvalue weighted by Crippen LogP contribution is -2.39. The largest absolute Gasteiger partial charge is 0.381 e. The smallest absolute Gasteiger partial charge is 0.317 e. The van der Waals surface area contributed by atoms with E-state index in [0.717, 1.165) is 30.9 Å². The van der Waals surface area contributed by atoms with Crippen LogP contribution in [0, 0.1) is 5.92 Å². The third kappa shape index (κ3) is 4.10. The summed E-state index contributed by atoms with van der Waals surface area (Å²) in [7, 11) is 1.79. The number of hydrogen-bond acceptors (Lipinski definition) is 3. The molecular weight excluding hydrogens is 292 g/mol. The first kappa shape index (κ1) is 15.6. The number of hydrogen-bond donors (Lipinski definition) is 1. The minimum Gasteiger partial charge on any atom is -0.381 e. The van der Waals surface area contributed by atoms with E-state index in [4.69, 9.17) is 4.74 Å². The van der Waals surface area contributed by atoms with Gasteiger partial charge in [-0.25, -0.2) is 9.48 Å². The molecule has 1 saturated heterocycles. The molecule has 0 aliphatic carbocycles. The Morgan fingerprint density at radius 2 is 2.26 bits per heavy atom. The topological polar surface area (TPSA) is 59.4 Å². The van der Waals surface area contributed by atoms with Gasteiger partial charge in [-0.05, 0) is 18.6 Å². The molecule has 23 heavy (non-hydrogen) atoms. The maximum absolute atomic E-state index is 12.1. The van der Waals surface area contributed by atoms with Gasteiger partial charge in [-0.2, -0.15) is 5.10 Å². The van der Waals surface area contributed by atoms with Gasteiger partial charge in [0.15, 0.2) is 0 Å². The molecule has 1 fully saturated rings. The number of rotatable bonds is 5. The standard InChI is InChI=1S/C17H22N4O2/c1-20(17(22)18-9-14-7-8-23-13-14)11-15-10-19-21(12-15)16-5-3-2-4-6-16/h2-6,10,12,14H,7-9,11,13H2,1H3,(H,18,22). The van der Waals surface area contributed by atoms with Gasteiger partial charge >= 0.3 is 6.03 Å². The number of carbonyl (C=O) groups is 1. The normalized spacial score (nSPS) is 17.2. The van der Waals surface area contributed by atoms with Crippen molar-refractivity contribution in [2.45, 2.75) is 13.0 Å². The molecule has 0 bridgehead atoms. The second-order valence-corrected chi connectivity index (χ2v) is 5.90. The molecule has 1 aromatic carbocycles. The van der Waals surface area contributed by atoms with Crippen LogP contribution in [0.2, 0.25) is 0 Å². The molecule has 6 heteroatoms. The molecule has 0 saturated carbocycles. The van der Waals surface area contributed by atoms with E-state index in [1.54, 1.807) is 18.1 Å². The molecular formula is C17H22N4O2. The fourth-order valence-electron chi connectivity index (χ4n) is 2.62. The third-order valence-corrected chi connectivity index (χ3v) is 3.99. The summed E-state index contributed by atoms with van der Waals surface area (Å²) in [5, 5.41) is 7.31. The number of aromatic nitrogens is 2. The summed E-state index contributed by atoms with van der Waals surface area (Å²) >= 11 is 0. The van der Waals surface area contributed by atoms with Crippen molar-refractivity contribution in [3.63, 3.8) is 0 Å². The average Bonchev–Trinajstić information content (AvgIpc) is 3.25. The van der Waals surface area contributed by atoms with Gasteiger partial charge in [0, 0.05) is 37.9 Å². The first-order valence-corrected chi connectivity index (χ1v) is 7.88. The van der Waals surface area contributed by atoms with Crippen LogP contribution in [0.5, 0.6) is 0 Å². The zero-order chi connectivity index (χ0) is 16.1. The molecule has 1 aromatic heterocycles. The zero-order valence-electron chi connectivity index (χ0n) is 13.3. The van der Waals surface area contributed by atoms with Gasteiger partial charge in [-0.15, -0.1) is 0 Å². The maximum atomic E-state index is 12.1. The summed E-state index contributed by atoms with van der Waals surface area (Å²) in [6.45, 7) is 2.75. The van der Waals surface area contributed by atoms with E-state index < -0.39 is 0 Å². The predicted octanol–water partition coefficient (Wildman–Crippen LogP) is 2.05. The monoisotopic (exact) mass is 314 g/mol. The molecule has 1 atom stereocenters. The number of urea groups is 1. The summed E-state index contributed by atoms with van der Waals surface area (Å²) in [6, 6.07) is 9.85. The lowest BCUT2D eigenvalue weighted by Gasteiger charge is -2.18. The summed E-state index contributed by atoms with van der Waals surface area (Å²) in [6.07, 6.45) is 4.76. The molecule has 0 radical (unpaired) electrons. The van der Waals surface area contributed by atoms with Crippen molar-refractivity contribution in [2.75, 3.05) is 26.8 Å². The summed E-state index contributed by atoms with van der Waals surface area (Å²) in [4.78, 5) is 13.8. The van der Waals surface area contributed by atoms with Crippen LogP contribution in [0.3, 0.4) is 0 Å². The number of para-hydroxylation sites is 1. The Balaban J connectivity index is 1.52. The fourth-order valence-corrected chi connectivity index (χ4v) is 2.62. The van der Waals surface area contributed by atoms with Crippen molar-refractivity contribution < 1.29 is 9.53 Å². The minimum atomic E-state index is -0.0654. The molecule has 3 rings (SSSR count). The van der Waals surface area contributed by atoms with Crippen LogP contribution in [-0.2, 0) is 11.3 Å². The van der Waals surface area contributed by atoms with Gasteiger partial charge in [0.1, 0.15) is 0 Å². The van der Waals surface area contributed by atoms with Gasteiger partial charge in [-0.1, -0.05) is 18.2 Å². The van der Waals surface area contributed by atoms with E-state index in [2.05, 4.69) is 10.4 Å². The van der Waals surface area contributed by atoms with Gasteiger partial charge in [-0.3, -0.25) is 0 Å². The summed E-state index contributed by atoms with van der Waals surface area (Å²) in [5.74, 6) is 0.438. The molecule has 122 valence electrons. The fraction of sp³-hybridized carbons (Fsp3) is 0.412. The van der Waals surface area contributed by atoms with Gasteiger partial charge in [0.25, 0.3) is 0 Å². The third-order valence-electron chi connectivity index (χ3n) is 3.99. The van der Waals surface area contributed by atoms with E-state index in [0.29, 0.717) is 19.0 Å². The number of amides is 2. The quantitative estimate of drug-likeness (QED) is 0.919. The van der Waals surface area contributed by atoms with E-state index in [1.165, 1.54) is 0 Å².